The summed E-state index contributed by atoms with van der Waals surface area (Å²) in [5.74, 6) is -0.0608. The summed E-state index contributed by atoms with van der Waals surface area (Å²) in [5, 5.41) is 8.54. The lowest BCUT2D eigenvalue weighted by Crippen LogP contribution is -2.29. The van der Waals surface area contributed by atoms with Crippen molar-refractivity contribution in [1.29, 1.82) is 0 Å². The van der Waals surface area contributed by atoms with E-state index in [1.54, 1.807) is 7.05 Å². The van der Waals surface area contributed by atoms with Gasteiger partial charge in [-0.05, 0) is 12.3 Å². The number of carbonyl (C=O) groups is 2. The van der Waals surface area contributed by atoms with Gasteiger partial charge >= 0.3 is 5.97 Å². The van der Waals surface area contributed by atoms with Gasteiger partial charge in [0.25, 0.3) is 0 Å². The highest BCUT2D eigenvalue weighted by Crippen LogP contribution is 2.27. The van der Waals surface area contributed by atoms with E-state index in [1.807, 2.05) is 0 Å². The van der Waals surface area contributed by atoms with Gasteiger partial charge in [-0.1, -0.05) is 32.1 Å². The van der Waals surface area contributed by atoms with E-state index >= 15 is 0 Å². The molecule has 0 aromatic carbocycles. The van der Waals surface area contributed by atoms with E-state index in [9.17, 15) is 9.59 Å². The third kappa shape index (κ3) is 5.71. The van der Waals surface area contributed by atoms with E-state index in [2.05, 4.69) is 0 Å². The number of aliphatic carboxylic acids is 1. The van der Waals surface area contributed by atoms with Crippen LogP contribution >= 0.6 is 0 Å². The van der Waals surface area contributed by atoms with E-state index in [0.29, 0.717) is 18.9 Å². The van der Waals surface area contributed by atoms with Gasteiger partial charge in [0, 0.05) is 20.0 Å². The molecule has 1 N–H and O–H groups in total. The van der Waals surface area contributed by atoms with Crippen LogP contribution in [0.1, 0.15) is 51.4 Å². The normalized spacial score (nSPS) is 16.8. The Morgan fingerprint density at radius 1 is 1.18 bits per heavy atom. The molecule has 1 fully saturated rings. The molecule has 0 aromatic heterocycles. The van der Waals surface area contributed by atoms with E-state index in [0.717, 1.165) is 6.42 Å². The first-order valence-corrected chi connectivity index (χ1v) is 6.55. The fourth-order valence-electron chi connectivity index (χ4n) is 2.38. The molecule has 1 aliphatic carbocycles. The molecule has 0 aliphatic heterocycles. The van der Waals surface area contributed by atoms with Gasteiger partial charge in [0.15, 0.2) is 0 Å². The summed E-state index contributed by atoms with van der Waals surface area (Å²) in [5.41, 5.74) is 0. The van der Waals surface area contributed by atoms with Crippen LogP contribution in [0.5, 0.6) is 0 Å². The van der Waals surface area contributed by atoms with Crippen molar-refractivity contribution in [3.8, 4) is 0 Å². The first kappa shape index (κ1) is 14.0. The fourth-order valence-corrected chi connectivity index (χ4v) is 2.38. The summed E-state index contributed by atoms with van der Waals surface area (Å²) >= 11 is 0. The highest BCUT2D eigenvalue weighted by Gasteiger charge is 2.16. The number of carboxylic acids is 1. The van der Waals surface area contributed by atoms with Gasteiger partial charge in [0.2, 0.25) is 5.91 Å². The van der Waals surface area contributed by atoms with Crippen LogP contribution in [0.15, 0.2) is 0 Å². The molecule has 4 heteroatoms. The predicted molar refractivity (Wildman–Crippen MR) is 65.7 cm³/mol. The summed E-state index contributed by atoms with van der Waals surface area (Å²) in [6, 6.07) is 0. The maximum atomic E-state index is 11.7. The number of nitrogens with zero attached hydrogens (tertiary/aromatic N) is 1. The van der Waals surface area contributed by atoms with Crippen LogP contribution in [0.3, 0.4) is 0 Å². The largest absolute Gasteiger partial charge is 0.481 e. The lowest BCUT2D eigenvalue weighted by atomic mass is 9.86. The summed E-state index contributed by atoms with van der Waals surface area (Å²) in [6.07, 6.45) is 8.02. The van der Waals surface area contributed by atoms with E-state index in [4.69, 9.17) is 5.11 Å². The first-order valence-electron chi connectivity index (χ1n) is 6.55. The molecule has 0 unspecified atom stereocenters. The molecule has 0 saturated heterocycles. The van der Waals surface area contributed by atoms with Gasteiger partial charge in [0.1, 0.15) is 0 Å². The van der Waals surface area contributed by atoms with Gasteiger partial charge in [-0.3, -0.25) is 9.59 Å². The lowest BCUT2D eigenvalue weighted by molar-refractivity contribution is -0.138. The standard InChI is InChI=1S/C13H23NO3/c1-14(10-9-13(16)17)12(15)8-7-11-5-3-2-4-6-11/h11H,2-10H2,1H3,(H,16,17). The van der Waals surface area contributed by atoms with Gasteiger partial charge < -0.3 is 10.0 Å². The minimum Gasteiger partial charge on any atom is -0.481 e. The number of amides is 1. The SMILES string of the molecule is CN(CCC(=O)O)C(=O)CCC1CCCCC1. The van der Waals surface area contributed by atoms with Crippen molar-refractivity contribution in [2.24, 2.45) is 5.92 Å². The van der Waals surface area contributed by atoms with Crippen LogP contribution < -0.4 is 0 Å². The zero-order valence-electron chi connectivity index (χ0n) is 10.7. The van der Waals surface area contributed by atoms with Crippen LogP contribution in [0.2, 0.25) is 0 Å². The summed E-state index contributed by atoms with van der Waals surface area (Å²) in [7, 11) is 1.69. The Kier molecular flexibility index (Phi) is 6.01. The second kappa shape index (κ2) is 7.30. The first-order chi connectivity index (χ1) is 8.09. The van der Waals surface area contributed by atoms with Crippen molar-refractivity contribution in [2.75, 3.05) is 13.6 Å². The number of carboxylic acid groups (broad SMARTS) is 1. The van der Waals surface area contributed by atoms with Crippen LogP contribution in [0, 0.1) is 5.92 Å². The average Bonchev–Trinajstić information content (AvgIpc) is 2.34. The minimum absolute atomic E-state index is 0.0334. The molecule has 1 amide bonds. The molecule has 17 heavy (non-hydrogen) atoms. The van der Waals surface area contributed by atoms with Crippen molar-refractivity contribution in [2.45, 2.75) is 51.4 Å². The van der Waals surface area contributed by atoms with Gasteiger partial charge in [0.05, 0.1) is 6.42 Å². The minimum atomic E-state index is -0.850. The third-order valence-electron chi connectivity index (χ3n) is 3.58. The van der Waals surface area contributed by atoms with Crippen molar-refractivity contribution in [1.82, 2.24) is 4.90 Å². The molecular formula is C13H23NO3. The number of hydrogen-bond donors (Lipinski definition) is 1. The van der Waals surface area contributed by atoms with Crippen LogP contribution in [0.25, 0.3) is 0 Å². The Morgan fingerprint density at radius 2 is 1.82 bits per heavy atom. The summed E-state index contributed by atoms with van der Waals surface area (Å²) in [4.78, 5) is 23.7. The predicted octanol–water partition coefficient (Wildman–Crippen LogP) is 2.28. The van der Waals surface area contributed by atoms with Crippen molar-refractivity contribution in [3.05, 3.63) is 0 Å². The maximum Gasteiger partial charge on any atom is 0.305 e. The number of carbonyl (C=O) groups excluding carboxylic acids is 1. The fraction of sp³-hybridized carbons (Fsp3) is 0.846. The average molecular weight is 241 g/mol. The van der Waals surface area contributed by atoms with Gasteiger partial charge in [-0.15, -0.1) is 0 Å². The number of rotatable bonds is 6. The van der Waals surface area contributed by atoms with E-state index in [1.165, 1.54) is 37.0 Å². The zero-order chi connectivity index (χ0) is 12.7. The van der Waals surface area contributed by atoms with E-state index < -0.39 is 5.97 Å². The Bertz CT molecular complexity index is 259. The molecule has 0 atom stereocenters. The maximum absolute atomic E-state index is 11.7. The topological polar surface area (TPSA) is 57.6 Å². The van der Waals surface area contributed by atoms with Gasteiger partial charge in [-0.25, -0.2) is 0 Å². The molecule has 1 saturated carbocycles. The zero-order valence-corrected chi connectivity index (χ0v) is 10.7. The Balaban J connectivity index is 2.16. The Hall–Kier alpha value is -1.06. The lowest BCUT2D eigenvalue weighted by Gasteiger charge is -2.22. The quantitative estimate of drug-likeness (QED) is 0.776. The molecule has 0 spiro atoms. The monoisotopic (exact) mass is 241 g/mol. The molecule has 0 aromatic rings. The van der Waals surface area contributed by atoms with Crippen molar-refractivity contribution < 1.29 is 14.7 Å². The van der Waals surface area contributed by atoms with Crippen molar-refractivity contribution in [3.63, 3.8) is 0 Å². The summed E-state index contributed by atoms with van der Waals surface area (Å²) in [6.45, 7) is 0.318. The molecule has 0 bridgehead atoms. The van der Waals surface area contributed by atoms with Crippen LogP contribution in [-0.4, -0.2) is 35.5 Å². The molecule has 0 radical (unpaired) electrons. The van der Waals surface area contributed by atoms with Crippen LogP contribution in [-0.2, 0) is 9.59 Å². The summed E-state index contributed by atoms with van der Waals surface area (Å²) < 4.78 is 0. The number of hydrogen-bond acceptors (Lipinski definition) is 2. The molecule has 1 aliphatic rings. The Morgan fingerprint density at radius 3 is 2.41 bits per heavy atom. The smallest absolute Gasteiger partial charge is 0.305 e. The highest BCUT2D eigenvalue weighted by atomic mass is 16.4. The molecule has 1 rings (SSSR count). The van der Waals surface area contributed by atoms with Gasteiger partial charge in [-0.2, -0.15) is 0 Å². The molecule has 0 heterocycles. The van der Waals surface area contributed by atoms with Crippen LogP contribution in [0.4, 0.5) is 0 Å². The third-order valence-corrected chi connectivity index (χ3v) is 3.58. The molecular weight excluding hydrogens is 218 g/mol. The second-order valence-electron chi connectivity index (χ2n) is 5.00. The van der Waals surface area contributed by atoms with E-state index in [-0.39, 0.29) is 12.3 Å². The van der Waals surface area contributed by atoms with Crippen molar-refractivity contribution >= 4 is 11.9 Å². The molecule has 98 valence electrons. The highest BCUT2D eigenvalue weighted by molar-refractivity contribution is 5.76. The Labute approximate surface area is 103 Å². The molecule has 4 nitrogen and oxygen atoms in total. The second-order valence-corrected chi connectivity index (χ2v) is 5.00.